The van der Waals surface area contributed by atoms with E-state index in [0.717, 1.165) is 27.9 Å². The average molecular weight is 348 g/mol. The van der Waals surface area contributed by atoms with Crippen LogP contribution in [0.5, 0.6) is 0 Å². The van der Waals surface area contributed by atoms with Gasteiger partial charge in [-0.25, -0.2) is 0 Å². The lowest BCUT2D eigenvalue weighted by Gasteiger charge is -2.43. The van der Waals surface area contributed by atoms with Crippen LogP contribution in [0.2, 0.25) is 0 Å². The summed E-state index contributed by atoms with van der Waals surface area (Å²) in [5.74, 6) is 0.479. The Kier molecular flexibility index (Phi) is 3.13. The van der Waals surface area contributed by atoms with Crippen molar-refractivity contribution in [1.82, 2.24) is 0 Å². The molecule has 1 fully saturated rings. The lowest BCUT2D eigenvalue weighted by Crippen LogP contribution is -2.48. The third-order valence-electron chi connectivity index (χ3n) is 4.56. The number of carbonyl (C=O) groups excluding carboxylic acids is 1. The zero-order chi connectivity index (χ0) is 15.6. The molecule has 1 aromatic heterocycles. The summed E-state index contributed by atoms with van der Waals surface area (Å²) in [5, 5.41) is 0. The quantitative estimate of drug-likeness (QED) is 0.501. The van der Waals surface area contributed by atoms with Gasteiger partial charge in [-0.2, -0.15) is 0 Å². The van der Waals surface area contributed by atoms with E-state index in [4.69, 9.17) is 12.2 Å². The molecule has 114 valence electrons. The molecule has 1 aromatic carbocycles. The zero-order valence-electron chi connectivity index (χ0n) is 12.8. The molecular weight excluding hydrogens is 330 g/mol. The van der Waals surface area contributed by atoms with Crippen molar-refractivity contribution in [1.29, 1.82) is 0 Å². The van der Waals surface area contributed by atoms with Crippen molar-refractivity contribution < 1.29 is 4.79 Å². The van der Waals surface area contributed by atoms with Gasteiger partial charge in [-0.15, -0.1) is 0 Å². The number of amides is 1. The first-order chi connectivity index (χ1) is 10.4. The first-order valence-electron chi connectivity index (χ1n) is 7.50. The van der Waals surface area contributed by atoms with Crippen LogP contribution in [0.15, 0.2) is 18.2 Å². The molecule has 0 spiro atoms. The number of aryl methyl sites for hydroxylation is 1. The normalized spacial score (nSPS) is 18.8. The number of carbonyl (C=O) groups is 1. The van der Waals surface area contributed by atoms with E-state index in [0.29, 0.717) is 0 Å². The minimum absolute atomic E-state index is 0.209. The van der Waals surface area contributed by atoms with Crippen LogP contribution in [-0.4, -0.2) is 5.91 Å². The Morgan fingerprint density at radius 1 is 1.32 bits per heavy atom. The molecule has 5 heteroatoms. The second kappa shape index (κ2) is 4.73. The van der Waals surface area contributed by atoms with Gasteiger partial charge in [0.15, 0.2) is 0 Å². The number of nitrogens with zero attached hydrogens (tertiary/aromatic N) is 1. The molecule has 0 saturated heterocycles. The van der Waals surface area contributed by atoms with Crippen LogP contribution in [-0.2, 0) is 10.3 Å². The van der Waals surface area contributed by atoms with Crippen molar-refractivity contribution in [3.63, 3.8) is 0 Å². The maximum atomic E-state index is 13.0. The van der Waals surface area contributed by atoms with E-state index in [1.165, 1.54) is 16.0 Å². The van der Waals surface area contributed by atoms with Gasteiger partial charge in [0.2, 0.25) is 5.91 Å². The van der Waals surface area contributed by atoms with E-state index in [2.05, 4.69) is 39.0 Å². The van der Waals surface area contributed by atoms with E-state index in [-0.39, 0.29) is 17.4 Å². The van der Waals surface area contributed by atoms with Gasteiger partial charge < -0.3 is 4.90 Å². The predicted molar refractivity (Wildman–Crippen MR) is 96.4 cm³/mol. The molecule has 4 rings (SSSR count). The molecule has 0 bridgehead atoms. The topological polar surface area (TPSA) is 20.3 Å². The Balaban J connectivity index is 2.03. The highest BCUT2D eigenvalue weighted by Crippen LogP contribution is 2.53. The predicted octanol–water partition coefficient (Wildman–Crippen LogP) is 5.51. The fourth-order valence-corrected chi connectivity index (χ4v) is 6.52. The minimum Gasteiger partial charge on any atom is -0.301 e. The van der Waals surface area contributed by atoms with Crippen molar-refractivity contribution >= 4 is 44.5 Å². The number of rotatable bonds is 1. The van der Waals surface area contributed by atoms with E-state index < -0.39 is 0 Å². The average Bonchev–Trinajstić information content (AvgIpc) is 3.22. The third kappa shape index (κ3) is 1.95. The number of hydrogen-bond donors (Lipinski definition) is 0. The molecular formula is C17H17NOS3. The van der Waals surface area contributed by atoms with Crippen LogP contribution >= 0.6 is 32.9 Å². The van der Waals surface area contributed by atoms with Crippen molar-refractivity contribution in [3.05, 3.63) is 32.5 Å². The highest BCUT2D eigenvalue weighted by atomic mass is 32.9. The van der Waals surface area contributed by atoms with Gasteiger partial charge in [0.05, 0.1) is 16.1 Å². The first kappa shape index (κ1) is 14.5. The van der Waals surface area contributed by atoms with Gasteiger partial charge in [0.25, 0.3) is 0 Å². The van der Waals surface area contributed by atoms with Crippen LogP contribution in [0.4, 0.5) is 5.69 Å². The Labute approximate surface area is 142 Å². The fourth-order valence-electron chi connectivity index (χ4n) is 3.24. The van der Waals surface area contributed by atoms with Crippen molar-refractivity contribution in [3.8, 4) is 11.1 Å². The maximum Gasteiger partial charge on any atom is 0.230 e. The molecule has 0 atom stereocenters. The van der Waals surface area contributed by atoms with Crippen LogP contribution in [0.1, 0.15) is 37.1 Å². The molecule has 2 aromatic rings. The third-order valence-corrected chi connectivity index (χ3v) is 7.89. The minimum atomic E-state index is -0.325. The van der Waals surface area contributed by atoms with Crippen LogP contribution in [0.25, 0.3) is 11.1 Å². The van der Waals surface area contributed by atoms with Crippen LogP contribution in [0, 0.1) is 16.7 Å². The summed E-state index contributed by atoms with van der Waals surface area (Å²) in [5.41, 5.74) is 4.18. The standard InChI is InChI=1S/C17H17NOS3/c1-9-4-7-11-12(8-9)18(15(19)10-5-6-10)17(2,3)14-13(11)16(20)22-21-14/h4,7-8,10H,5-6H2,1-3H3. The van der Waals surface area contributed by atoms with Gasteiger partial charge in [0, 0.05) is 17.0 Å². The zero-order valence-corrected chi connectivity index (χ0v) is 15.3. The molecule has 0 radical (unpaired) electrons. The molecule has 1 saturated carbocycles. The summed E-state index contributed by atoms with van der Waals surface area (Å²) in [7, 11) is 3.37. The molecule has 0 unspecified atom stereocenters. The van der Waals surface area contributed by atoms with Crippen LogP contribution < -0.4 is 4.90 Å². The monoisotopic (exact) mass is 347 g/mol. The molecule has 2 aliphatic rings. The second-order valence-electron chi connectivity index (χ2n) is 6.69. The Bertz CT molecular complexity index is 842. The summed E-state index contributed by atoms with van der Waals surface area (Å²) >= 11 is 5.58. The van der Waals surface area contributed by atoms with Gasteiger partial charge in [-0.3, -0.25) is 4.79 Å². The van der Waals surface area contributed by atoms with Gasteiger partial charge in [-0.05, 0) is 45.2 Å². The number of anilines is 1. The summed E-state index contributed by atoms with van der Waals surface area (Å²) in [6.07, 6.45) is 2.05. The smallest absolute Gasteiger partial charge is 0.230 e. The van der Waals surface area contributed by atoms with E-state index >= 15 is 0 Å². The van der Waals surface area contributed by atoms with Gasteiger partial charge >= 0.3 is 0 Å². The molecule has 2 heterocycles. The highest BCUT2D eigenvalue weighted by Gasteiger charge is 2.46. The molecule has 1 amide bonds. The fraction of sp³-hybridized carbons (Fsp3) is 0.412. The molecule has 2 nitrogen and oxygen atoms in total. The van der Waals surface area contributed by atoms with E-state index in [9.17, 15) is 4.79 Å². The summed E-state index contributed by atoms with van der Waals surface area (Å²) in [4.78, 5) is 16.2. The molecule has 0 N–H and O–H groups in total. The van der Waals surface area contributed by atoms with Gasteiger partial charge in [0.1, 0.15) is 3.82 Å². The SMILES string of the molecule is Cc1ccc2c(c1)N(C(=O)C1CC1)C(C)(C)c1ssc(=S)c1-2. The summed E-state index contributed by atoms with van der Waals surface area (Å²) in [6.45, 7) is 6.37. The summed E-state index contributed by atoms with van der Waals surface area (Å²) in [6, 6.07) is 6.37. The highest BCUT2D eigenvalue weighted by molar-refractivity contribution is 7.80. The number of fused-ring (bicyclic) bond motifs is 3. The Morgan fingerprint density at radius 3 is 2.73 bits per heavy atom. The lowest BCUT2D eigenvalue weighted by atomic mass is 9.86. The Morgan fingerprint density at radius 2 is 2.05 bits per heavy atom. The first-order valence-corrected chi connectivity index (χ1v) is 10.1. The number of hydrogen-bond acceptors (Lipinski definition) is 4. The van der Waals surface area contributed by atoms with Crippen molar-refractivity contribution in [2.24, 2.45) is 5.92 Å². The van der Waals surface area contributed by atoms with Gasteiger partial charge in [-0.1, -0.05) is 45.0 Å². The van der Waals surface area contributed by atoms with Crippen LogP contribution in [0.3, 0.4) is 0 Å². The van der Waals surface area contributed by atoms with E-state index in [1.807, 2.05) is 4.90 Å². The molecule has 1 aliphatic heterocycles. The largest absolute Gasteiger partial charge is 0.301 e. The van der Waals surface area contributed by atoms with Crippen molar-refractivity contribution in [2.45, 2.75) is 39.2 Å². The second-order valence-corrected chi connectivity index (χ2v) is 9.50. The Hall–Kier alpha value is -1.04. The number of benzene rings is 1. The van der Waals surface area contributed by atoms with Crippen molar-refractivity contribution in [2.75, 3.05) is 4.90 Å². The lowest BCUT2D eigenvalue weighted by molar-refractivity contribution is -0.120. The van der Waals surface area contributed by atoms with E-state index in [1.54, 1.807) is 20.7 Å². The summed E-state index contributed by atoms with van der Waals surface area (Å²) < 4.78 is 0.941. The maximum absolute atomic E-state index is 13.0. The molecule has 1 aliphatic carbocycles. The molecule has 22 heavy (non-hydrogen) atoms.